The fourth-order valence-corrected chi connectivity index (χ4v) is 1.89. The number of para-hydroxylation sites is 2. The summed E-state index contributed by atoms with van der Waals surface area (Å²) < 4.78 is 0. The molecule has 0 aliphatic rings. The molecule has 0 saturated heterocycles. The first-order valence-electron chi connectivity index (χ1n) is 5.84. The van der Waals surface area contributed by atoms with Crippen molar-refractivity contribution in [3.05, 3.63) is 58.6 Å². The van der Waals surface area contributed by atoms with Crippen molar-refractivity contribution in [1.82, 2.24) is 15.4 Å². The predicted molar refractivity (Wildman–Crippen MR) is 73.7 cm³/mol. The molecular weight excluding hydrogens is 258 g/mol. The van der Waals surface area contributed by atoms with E-state index in [2.05, 4.69) is 20.7 Å². The van der Waals surface area contributed by atoms with Gasteiger partial charge in [-0.05, 0) is 23.4 Å². The van der Waals surface area contributed by atoms with Gasteiger partial charge in [0.15, 0.2) is 5.82 Å². The van der Waals surface area contributed by atoms with Crippen LogP contribution in [-0.4, -0.2) is 20.3 Å². The van der Waals surface area contributed by atoms with Gasteiger partial charge in [0.1, 0.15) is 5.69 Å². The van der Waals surface area contributed by atoms with Gasteiger partial charge in [0.2, 0.25) is 0 Å². The fourth-order valence-electron chi connectivity index (χ4n) is 1.89. The van der Waals surface area contributed by atoms with Crippen molar-refractivity contribution in [1.29, 1.82) is 0 Å². The second-order valence-electron chi connectivity index (χ2n) is 4.05. The molecule has 2 aromatic carbocycles. The van der Waals surface area contributed by atoms with E-state index >= 15 is 0 Å². The molecule has 7 heteroatoms. The summed E-state index contributed by atoms with van der Waals surface area (Å²) in [5.41, 5.74) is 1.02. The molecule has 98 valence electrons. The molecule has 0 saturated carbocycles. The molecule has 0 bridgehead atoms. The van der Waals surface area contributed by atoms with Crippen molar-refractivity contribution >= 4 is 28.1 Å². The standard InChI is InChI=1S/C13H9N5O2/c19-18(20)12-8-4-3-7-11(12)14-13-9-5-1-2-6-10(9)15-17-16-13/h1-8H,(H,14,15,16). The van der Waals surface area contributed by atoms with Gasteiger partial charge in [0.25, 0.3) is 5.69 Å². The zero-order chi connectivity index (χ0) is 13.9. The zero-order valence-corrected chi connectivity index (χ0v) is 10.2. The molecule has 7 nitrogen and oxygen atoms in total. The van der Waals surface area contributed by atoms with Gasteiger partial charge in [0.05, 0.1) is 10.4 Å². The maximum absolute atomic E-state index is 11.0. The summed E-state index contributed by atoms with van der Waals surface area (Å²) in [5.74, 6) is 0.435. The van der Waals surface area contributed by atoms with E-state index in [1.807, 2.05) is 18.2 Å². The first-order chi connectivity index (χ1) is 9.75. The minimum atomic E-state index is -0.445. The van der Waals surface area contributed by atoms with Crippen LogP contribution >= 0.6 is 0 Å². The Morgan fingerprint density at radius 3 is 2.60 bits per heavy atom. The first-order valence-corrected chi connectivity index (χ1v) is 5.84. The smallest absolute Gasteiger partial charge is 0.292 e. The first kappa shape index (κ1) is 12.0. The Bertz CT molecular complexity index is 785. The van der Waals surface area contributed by atoms with Crippen LogP contribution in [0.4, 0.5) is 17.2 Å². The Hall–Kier alpha value is -3.09. The topological polar surface area (TPSA) is 93.8 Å². The van der Waals surface area contributed by atoms with E-state index in [1.165, 1.54) is 6.07 Å². The molecular formula is C13H9N5O2. The number of nitrogens with one attached hydrogen (secondary N) is 1. The third kappa shape index (κ3) is 2.12. The Morgan fingerprint density at radius 2 is 1.75 bits per heavy atom. The second-order valence-corrected chi connectivity index (χ2v) is 4.05. The van der Waals surface area contributed by atoms with Crippen molar-refractivity contribution in [3.63, 3.8) is 0 Å². The second kappa shape index (κ2) is 4.88. The lowest BCUT2D eigenvalue weighted by Gasteiger charge is -2.07. The molecule has 0 aliphatic carbocycles. The highest BCUT2D eigenvalue weighted by Gasteiger charge is 2.14. The summed E-state index contributed by atoms with van der Waals surface area (Å²) in [6.07, 6.45) is 0. The molecule has 3 rings (SSSR count). The molecule has 3 aromatic rings. The number of aromatic nitrogens is 3. The molecule has 0 unspecified atom stereocenters. The van der Waals surface area contributed by atoms with Gasteiger partial charge >= 0.3 is 0 Å². The summed E-state index contributed by atoms with van der Waals surface area (Å²) in [6.45, 7) is 0. The van der Waals surface area contributed by atoms with Gasteiger partial charge in [-0.15, -0.1) is 10.2 Å². The van der Waals surface area contributed by atoms with E-state index in [9.17, 15) is 10.1 Å². The van der Waals surface area contributed by atoms with Crippen molar-refractivity contribution in [2.75, 3.05) is 5.32 Å². The highest BCUT2D eigenvalue weighted by Crippen LogP contribution is 2.28. The normalized spacial score (nSPS) is 10.4. The van der Waals surface area contributed by atoms with Crippen LogP contribution in [0.2, 0.25) is 0 Å². The van der Waals surface area contributed by atoms with Crippen LogP contribution in [0.5, 0.6) is 0 Å². The van der Waals surface area contributed by atoms with Crippen LogP contribution in [0.1, 0.15) is 0 Å². The minimum Gasteiger partial charge on any atom is -0.332 e. The molecule has 0 fully saturated rings. The maximum Gasteiger partial charge on any atom is 0.292 e. The number of hydrogen-bond acceptors (Lipinski definition) is 6. The predicted octanol–water partition coefficient (Wildman–Crippen LogP) is 2.68. The SMILES string of the molecule is O=[N+]([O-])c1ccccc1Nc1nnnc2ccccc12. The highest BCUT2D eigenvalue weighted by molar-refractivity contribution is 5.90. The fraction of sp³-hybridized carbons (Fsp3) is 0. The Labute approximate surface area is 113 Å². The summed E-state index contributed by atoms with van der Waals surface area (Å²) in [7, 11) is 0. The van der Waals surface area contributed by atoms with Crippen LogP contribution in [0, 0.1) is 10.1 Å². The van der Waals surface area contributed by atoms with Crippen molar-refractivity contribution in [2.24, 2.45) is 0 Å². The van der Waals surface area contributed by atoms with E-state index in [0.29, 0.717) is 17.0 Å². The van der Waals surface area contributed by atoms with E-state index in [0.717, 1.165) is 5.39 Å². The maximum atomic E-state index is 11.0. The molecule has 20 heavy (non-hydrogen) atoms. The molecule has 0 spiro atoms. The van der Waals surface area contributed by atoms with E-state index < -0.39 is 4.92 Å². The van der Waals surface area contributed by atoms with E-state index in [-0.39, 0.29) is 5.69 Å². The Balaban J connectivity index is 2.08. The molecule has 0 radical (unpaired) electrons. The summed E-state index contributed by atoms with van der Waals surface area (Å²) in [5, 5.41) is 26.1. The van der Waals surface area contributed by atoms with E-state index in [4.69, 9.17) is 0 Å². The van der Waals surface area contributed by atoms with Crippen LogP contribution in [-0.2, 0) is 0 Å². The van der Waals surface area contributed by atoms with Crippen molar-refractivity contribution in [2.45, 2.75) is 0 Å². The number of nitrogens with zero attached hydrogens (tertiary/aromatic N) is 4. The Morgan fingerprint density at radius 1 is 1.00 bits per heavy atom. The lowest BCUT2D eigenvalue weighted by Crippen LogP contribution is -2.01. The van der Waals surface area contributed by atoms with Crippen LogP contribution < -0.4 is 5.32 Å². The highest BCUT2D eigenvalue weighted by atomic mass is 16.6. The third-order valence-electron chi connectivity index (χ3n) is 2.81. The summed E-state index contributed by atoms with van der Waals surface area (Å²) >= 11 is 0. The van der Waals surface area contributed by atoms with Crippen LogP contribution in [0.3, 0.4) is 0 Å². The van der Waals surface area contributed by atoms with E-state index in [1.54, 1.807) is 24.3 Å². The van der Waals surface area contributed by atoms with Crippen molar-refractivity contribution < 1.29 is 4.92 Å². The quantitative estimate of drug-likeness (QED) is 0.579. The number of rotatable bonds is 3. The average molecular weight is 267 g/mol. The largest absolute Gasteiger partial charge is 0.332 e. The Kier molecular flexibility index (Phi) is 2.92. The molecule has 1 aromatic heterocycles. The number of nitro groups is 1. The third-order valence-corrected chi connectivity index (χ3v) is 2.81. The van der Waals surface area contributed by atoms with Crippen LogP contribution in [0.25, 0.3) is 10.9 Å². The lowest BCUT2D eigenvalue weighted by molar-refractivity contribution is -0.383. The molecule has 1 N–H and O–H groups in total. The van der Waals surface area contributed by atoms with Gasteiger partial charge in [0, 0.05) is 11.5 Å². The van der Waals surface area contributed by atoms with Crippen molar-refractivity contribution in [3.8, 4) is 0 Å². The number of fused-ring (bicyclic) bond motifs is 1. The average Bonchev–Trinajstić information content (AvgIpc) is 2.48. The lowest BCUT2D eigenvalue weighted by atomic mass is 10.2. The van der Waals surface area contributed by atoms with Gasteiger partial charge in [-0.25, -0.2) is 0 Å². The minimum absolute atomic E-state index is 0.0183. The number of benzene rings is 2. The van der Waals surface area contributed by atoms with Gasteiger partial charge in [-0.1, -0.05) is 24.3 Å². The summed E-state index contributed by atoms with van der Waals surface area (Å²) in [6, 6.07) is 13.7. The van der Waals surface area contributed by atoms with Gasteiger partial charge in [-0.2, -0.15) is 0 Å². The molecule has 0 atom stereocenters. The molecule has 0 aliphatic heterocycles. The number of nitro benzene ring substituents is 1. The zero-order valence-electron chi connectivity index (χ0n) is 10.2. The summed E-state index contributed by atoms with van der Waals surface area (Å²) in [4.78, 5) is 10.5. The number of anilines is 2. The number of hydrogen-bond donors (Lipinski definition) is 1. The van der Waals surface area contributed by atoms with Gasteiger partial charge < -0.3 is 5.32 Å². The molecule has 0 amide bonds. The van der Waals surface area contributed by atoms with Crippen LogP contribution in [0.15, 0.2) is 48.5 Å². The van der Waals surface area contributed by atoms with Gasteiger partial charge in [-0.3, -0.25) is 10.1 Å². The monoisotopic (exact) mass is 267 g/mol. The molecule has 1 heterocycles.